The molecule has 0 spiro atoms. The fourth-order valence-corrected chi connectivity index (χ4v) is 3.80. The van der Waals surface area contributed by atoms with Crippen LogP contribution in [0.3, 0.4) is 0 Å². The SMILES string of the molecule is Nc1ccc(Cl)cc1S(=O)(=O)N1CCC(O)CC1. The third-order valence-electron chi connectivity index (χ3n) is 3.02. The van der Waals surface area contributed by atoms with Crippen LogP contribution in [0, 0.1) is 0 Å². The van der Waals surface area contributed by atoms with Crippen LogP contribution in [0.25, 0.3) is 0 Å². The van der Waals surface area contributed by atoms with Crippen LogP contribution >= 0.6 is 11.6 Å². The van der Waals surface area contributed by atoms with Gasteiger partial charge in [0, 0.05) is 18.1 Å². The smallest absolute Gasteiger partial charge is 0.245 e. The summed E-state index contributed by atoms with van der Waals surface area (Å²) < 4.78 is 26.1. The first-order valence-corrected chi connectivity index (χ1v) is 7.46. The van der Waals surface area contributed by atoms with E-state index in [2.05, 4.69) is 0 Å². The number of aliphatic hydroxyl groups is 1. The molecular weight excluding hydrogens is 276 g/mol. The molecule has 7 heteroatoms. The summed E-state index contributed by atoms with van der Waals surface area (Å²) in [6.07, 6.45) is 0.465. The number of piperidine rings is 1. The van der Waals surface area contributed by atoms with Crippen molar-refractivity contribution in [2.75, 3.05) is 18.8 Å². The number of anilines is 1. The molecule has 1 fully saturated rings. The highest BCUT2D eigenvalue weighted by atomic mass is 35.5. The topological polar surface area (TPSA) is 83.6 Å². The molecular formula is C11H15ClN2O3S. The molecule has 5 nitrogen and oxygen atoms in total. The van der Waals surface area contributed by atoms with Gasteiger partial charge in [-0.25, -0.2) is 8.42 Å². The third-order valence-corrected chi connectivity index (χ3v) is 5.21. The van der Waals surface area contributed by atoms with Gasteiger partial charge >= 0.3 is 0 Å². The van der Waals surface area contributed by atoms with Gasteiger partial charge in [-0.2, -0.15) is 4.31 Å². The van der Waals surface area contributed by atoms with Crippen LogP contribution in [0.2, 0.25) is 5.02 Å². The van der Waals surface area contributed by atoms with Gasteiger partial charge in [0.25, 0.3) is 0 Å². The fraction of sp³-hybridized carbons (Fsp3) is 0.455. The predicted octanol–water partition coefficient (Wildman–Crippen LogP) is 1.07. The van der Waals surface area contributed by atoms with Crippen LogP contribution in [0.1, 0.15) is 12.8 Å². The highest BCUT2D eigenvalue weighted by Crippen LogP contribution is 2.27. The van der Waals surface area contributed by atoms with Gasteiger partial charge in [0.15, 0.2) is 0 Å². The number of hydrogen-bond acceptors (Lipinski definition) is 4. The molecule has 1 saturated heterocycles. The Balaban J connectivity index is 2.33. The number of aliphatic hydroxyl groups excluding tert-OH is 1. The number of nitrogen functional groups attached to an aromatic ring is 1. The molecule has 0 aliphatic carbocycles. The fourth-order valence-electron chi connectivity index (χ4n) is 1.95. The van der Waals surface area contributed by atoms with Crippen LogP contribution in [0.4, 0.5) is 5.69 Å². The average Bonchev–Trinajstić information content (AvgIpc) is 2.32. The van der Waals surface area contributed by atoms with Crippen molar-refractivity contribution in [3.8, 4) is 0 Å². The quantitative estimate of drug-likeness (QED) is 0.798. The standard InChI is InChI=1S/C11H15ClN2O3S/c12-8-1-2-10(13)11(7-8)18(16,17)14-5-3-9(15)4-6-14/h1-2,7,9,15H,3-6,13H2. The molecule has 1 aromatic rings. The van der Waals surface area contributed by atoms with E-state index >= 15 is 0 Å². The molecule has 0 unspecified atom stereocenters. The summed E-state index contributed by atoms with van der Waals surface area (Å²) in [6, 6.07) is 4.39. The zero-order chi connectivity index (χ0) is 13.3. The van der Waals surface area contributed by atoms with E-state index in [1.165, 1.54) is 16.4 Å². The van der Waals surface area contributed by atoms with Gasteiger partial charge in [0.2, 0.25) is 10.0 Å². The molecule has 0 radical (unpaired) electrons. The molecule has 0 amide bonds. The molecule has 100 valence electrons. The van der Waals surface area contributed by atoms with E-state index in [0.29, 0.717) is 31.0 Å². The van der Waals surface area contributed by atoms with Crippen molar-refractivity contribution in [1.82, 2.24) is 4.31 Å². The van der Waals surface area contributed by atoms with E-state index in [9.17, 15) is 13.5 Å². The van der Waals surface area contributed by atoms with Crippen molar-refractivity contribution < 1.29 is 13.5 Å². The number of rotatable bonds is 2. The lowest BCUT2D eigenvalue weighted by Crippen LogP contribution is -2.40. The lowest BCUT2D eigenvalue weighted by molar-refractivity contribution is 0.113. The average molecular weight is 291 g/mol. The van der Waals surface area contributed by atoms with E-state index in [-0.39, 0.29) is 10.6 Å². The van der Waals surface area contributed by atoms with E-state index in [1.54, 1.807) is 6.07 Å². The monoisotopic (exact) mass is 290 g/mol. The molecule has 3 N–H and O–H groups in total. The lowest BCUT2D eigenvalue weighted by atomic mass is 10.1. The Morgan fingerprint density at radius 1 is 1.33 bits per heavy atom. The highest BCUT2D eigenvalue weighted by Gasteiger charge is 2.30. The number of nitrogens with two attached hydrogens (primary N) is 1. The Hall–Kier alpha value is -0.820. The van der Waals surface area contributed by atoms with Gasteiger partial charge in [-0.3, -0.25) is 0 Å². The van der Waals surface area contributed by atoms with Crippen LogP contribution in [0.5, 0.6) is 0 Å². The first-order valence-electron chi connectivity index (χ1n) is 5.64. The van der Waals surface area contributed by atoms with Gasteiger partial charge in [-0.15, -0.1) is 0 Å². The van der Waals surface area contributed by atoms with Crippen molar-refractivity contribution in [2.45, 2.75) is 23.8 Å². The summed E-state index contributed by atoms with van der Waals surface area (Å²) in [4.78, 5) is 0.0337. The minimum atomic E-state index is -3.63. The van der Waals surface area contributed by atoms with Gasteiger partial charge < -0.3 is 10.8 Å². The number of sulfonamides is 1. The summed E-state index contributed by atoms with van der Waals surface area (Å²) >= 11 is 5.81. The van der Waals surface area contributed by atoms with E-state index < -0.39 is 16.1 Å². The lowest BCUT2D eigenvalue weighted by Gasteiger charge is -2.29. The zero-order valence-corrected chi connectivity index (χ0v) is 11.3. The van der Waals surface area contributed by atoms with Crippen molar-refractivity contribution in [2.24, 2.45) is 0 Å². The van der Waals surface area contributed by atoms with Gasteiger partial charge in [-0.1, -0.05) is 11.6 Å². The van der Waals surface area contributed by atoms with E-state index in [4.69, 9.17) is 17.3 Å². The first-order chi connectivity index (χ1) is 8.41. The van der Waals surface area contributed by atoms with Crippen LogP contribution < -0.4 is 5.73 Å². The van der Waals surface area contributed by atoms with Crippen molar-refractivity contribution in [1.29, 1.82) is 0 Å². The number of halogens is 1. The second-order valence-corrected chi connectivity index (χ2v) is 6.66. The Morgan fingerprint density at radius 3 is 2.56 bits per heavy atom. The largest absolute Gasteiger partial charge is 0.398 e. The van der Waals surface area contributed by atoms with Crippen LogP contribution in [-0.4, -0.2) is 37.0 Å². The Bertz CT molecular complexity index is 539. The van der Waals surface area contributed by atoms with Crippen LogP contribution in [-0.2, 0) is 10.0 Å². The normalized spacial score (nSPS) is 19.0. The summed E-state index contributed by atoms with van der Waals surface area (Å²) in [7, 11) is -3.63. The minimum absolute atomic E-state index is 0.0337. The Morgan fingerprint density at radius 2 is 1.94 bits per heavy atom. The second kappa shape index (κ2) is 5.05. The molecule has 1 aromatic carbocycles. The van der Waals surface area contributed by atoms with Gasteiger partial charge in [-0.05, 0) is 31.0 Å². The van der Waals surface area contributed by atoms with Gasteiger partial charge in [0.05, 0.1) is 11.8 Å². The molecule has 1 heterocycles. The van der Waals surface area contributed by atoms with Crippen molar-refractivity contribution in [3.05, 3.63) is 23.2 Å². The summed E-state index contributed by atoms with van der Waals surface area (Å²) in [5.74, 6) is 0. The summed E-state index contributed by atoms with van der Waals surface area (Å²) in [5.41, 5.74) is 5.88. The molecule has 2 rings (SSSR count). The first kappa shape index (κ1) is 13.6. The molecule has 0 aromatic heterocycles. The van der Waals surface area contributed by atoms with Crippen molar-refractivity contribution >= 4 is 27.3 Å². The maximum atomic E-state index is 12.4. The predicted molar refractivity (Wildman–Crippen MR) is 69.9 cm³/mol. The van der Waals surface area contributed by atoms with E-state index in [0.717, 1.165) is 0 Å². The summed E-state index contributed by atoms with van der Waals surface area (Å²) in [5, 5.41) is 9.73. The number of hydrogen-bond donors (Lipinski definition) is 2. The minimum Gasteiger partial charge on any atom is -0.398 e. The summed E-state index contributed by atoms with van der Waals surface area (Å²) in [6.45, 7) is 0.602. The maximum absolute atomic E-state index is 12.4. The zero-order valence-electron chi connectivity index (χ0n) is 9.71. The number of nitrogens with zero attached hydrogens (tertiary/aromatic N) is 1. The molecule has 18 heavy (non-hydrogen) atoms. The molecule has 1 aliphatic rings. The van der Waals surface area contributed by atoms with Crippen LogP contribution in [0.15, 0.2) is 23.1 Å². The maximum Gasteiger partial charge on any atom is 0.245 e. The molecule has 0 bridgehead atoms. The third kappa shape index (κ3) is 2.61. The second-order valence-electron chi connectivity index (χ2n) is 4.32. The Kier molecular flexibility index (Phi) is 3.82. The van der Waals surface area contributed by atoms with Gasteiger partial charge in [0.1, 0.15) is 4.90 Å². The van der Waals surface area contributed by atoms with Crippen molar-refractivity contribution in [3.63, 3.8) is 0 Å². The number of benzene rings is 1. The molecule has 1 aliphatic heterocycles. The van der Waals surface area contributed by atoms with E-state index in [1.807, 2.05) is 0 Å². The Labute approximate surface area is 111 Å². The molecule has 0 atom stereocenters. The highest BCUT2D eigenvalue weighted by molar-refractivity contribution is 7.89. The molecule has 0 saturated carbocycles.